The summed E-state index contributed by atoms with van der Waals surface area (Å²) in [7, 11) is 0. The standard InChI is InChI=1S/C14H15NO2S/c1-9-7-13(18-10(9)2)14(17)15-8-11-3-5-12(16)6-4-11/h3-7,16H,8H2,1-2H3,(H,15,17). The molecule has 4 heteroatoms. The summed E-state index contributed by atoms with van der Waals surface area (Å²) in [6.45, 7) is 4.48. The molecule has 0 bridgehead atoms. The second-order valence-corrected chi connectivity index (χ2v) is 5.46. The van der Waals surface area contributed by atoms with Gasteiger partial charge in [-0.2, -0.15) is 0 Å². The molecule has 1 amide bonds. The first-order chi connectivity index (χ1) is 8.56. The Morgan fingerprint density at radius 3 is 2.50 bits per heavy atom. The second-order valence-electron chi connectivity index (χ2n) is 4.20. The molecule has 0 aliphatic heterocycles. The van der Waals surface area contributed by atoms with E-state index < -0.39 is 0 Å². The SMILES string of the molecule is Cc1cc(C(=O)NCc2ccc(O)cc2)sc1C. The molecule has 0 aliphatic carbocycles. The Hall–Kier alpha value is -1.81. The number of aromatic hydroxyl groups is 1. The minimum Gasteiger partial charge on any atom is -0.508 e. The number of carbonyl (C=O) groups excluding carboxylic acids is 1. The van der Waals surface area contributed by atoms with Crippen molar-refractivity contribution in [1.29, 1.82) is 0 Å². The number of aryl methyl sites for hydroxylation is 2. The zero-order valence-corrected chi connectivity index (χ0v) is 11.2. The van der Waals surface area contributed by atoms with Crippen LogP contribution in [0.1, 0.15) is 25.7 Å². The molecule has 1 aromatic carbocycles. The summed E-state index contributed by atoms with van der Waals surface area (Å²) in [4.78, 5) is 13.8. The van der Waals surface area contributed by atoms with E-state index in [0.717, 1.165) is 16.0 Å². The summed E-state index contributed by atoms with van der Waals surface area (Å²) >= 11 is 1.51. The average molecular weight is 261 g/mol. The zero-order valence-electron chi connectivity index (χ0n) is 10.4. The van der Waals surface area contributed by atoms with Gasteiger partial charge in [-0.1, -0.05) is 12.1 Å². The molecular formula is C14H15NO2S. The first-order valence-electron chi connectivity index (χ1n) is 5.69. The van der Waals surface area contributed by atoms with Crippen LogP contribution in [0.15, 0.2) is 30.3 Å². The van der Waals surface area contributed by atoms with Gasteiger partial charge >= 0.3 is 0 Å². The van der Waals surface area contributed by atoms with Crippen molar-refractivity contribution in [2.45, 2.75) is 20.4 Å². The summed E-state index contributed by atoms with van der Waals surface area (Å²) in [6.07, 6.45) is 0. The topological polar surface area (TPSA) is 49.3 Å². The van der Waals surface area contributed by atoms with E-state index in [-0.39, 0.29) is 11.7 Å². The van der Waals surface area contributed by atoms with E-state index in [1.807, 2.05) is 19.9 Å². The van der Waals surface area contributed by atoms with Gasteiger partial charge in [0.25, 0.3) is 5.91 Å². The molecule has 2 rings (SSSR count). The zero-order chi connectivity index (χ0) is 13.1. The van der Waals surface area contributed by atoms with Gasteiger partial charge < -0.3 is 10.4 Å². The normalized spacial score (nSPS) is 10.3. The Morgan fingerprint density at radius 2 is 1.94 bits per heavy atom. The third kappa shape index (κ3) is 2.90. The lowest BCUT2D eigenvalue weighted by atomic mass is 10.2. The highest BCUT2D eigenvalue weighted by Crippen LogP contribution is 2.20. The van der Waals surface area contributed by atoms with E-state index in [1.54, 1.807) is 24.3 Å². The lowest BCUT2D eigenvalue weighted by Gasteiger charge is -2.03. The first-order valence-corrected chi connectivity index (χ1v) is 6.51. The van der Waals surface area contributed by atoms with Crippen LogP contribution in [0, 0.1) is 13.8 Å². The summed E-state index contributed by atoms with van der Waals surface area (Å²) in [5, 5.41) is 12.0. The molecule has 1 heterocycles. The lowest BCUT2D eigenvalue weighted by Crippen LogP contribution is -2.21. The fourth-order valence-electron chi connectivity index (χ4n) is 1.57. The molecular weight excluding hydrogens is 246 g/mol. The largest absolute Gasteiger partial charge is 0.508 e. The van der Waals surface area contributed by atoms with Gasteiger partial charge in [-0.15, -0.1) is 11.3 Å². The number of rotatable bonds is 3. The number of hydrogen-bond acceptors (Lipinski definition) is 3. The van der Waals surface area contributed by atoms with Crippen LogP contribution < -0.4 is 5.32 Å². The third-order valence-electron chi connectivity index (χ3n) is 2.78. The van der Waals surface area contributed by atoms with Crippen LogP contribution >= 0.6 is 11.3 Å². The molecule has 0 unspecified atom stereocenters. The summed E-state index contributed by atoms with van der Waals surface area (Å²) < 4.78 is 0. The number of phenols is 1. The van der Waals surface area contributed by atoms with Crippen molar-refractivity contribution in [2.24, 2.45) is 0 Å². The maximum Gasteiger partial charge on any atom is 0.261 e. The van der Waals surface area contributed by atoms with Crippen molar-refractivity contribution in [3.63, 3.8) is 0 Å². The molecule has 18 heavy (non-hydrogen) atoms. The van der Waals surface area contributed by atoms with Gasteiger partial charge in [-0.25, -0.2) is 0 Å². The van der Waals surface area contributed by atoms with Gasteiger partial charge in [-0.05, 0) is 43.2 Å². The molecule has 1 aromatic heterocycles. The van der Waals surface area contributed by atoms with E-state index >= 15 is 0 Å². The summed E-state index contributed by atoms with van der Waals surface area (Å²) in [5.74, 6) is 0.179. The third-order valence-corrected chi connectivity index (χ3v) is 3.93. The Labute approximate surface area is 110 Å². The van der Waals surface area contributed by atoms with Gasteiger partial charge in [0, 0.05) is 11.4 Å². The highest BCUT2D eigenvalue weighted by molar-refractivity contribution is 7.14. The Bertz CT molecular complexity index is 538. The van der Waals surface area contributed by atoms with Gasteiger partial charge in [0.1, 0.15) is 5.75 Å². The van der Waals surface area contributed by atoms with Gasteiger partial charge in [0.2, 0.25) is 0 Å². The Balaban J connectivity index is 1.98. The predicted molar refractivity (Wildman–Crippen MR) is 73.1 cm³/mol. The van der Waals surface area contributed by atoms with Crippen molar-refractivity contribution in [1.82, 2.24) is 5.32 Å². The van der Waals surface area contributed by atoms with E-state index in [1.165, 1.54) is 16.2 Å². The van der Waals surface area contributed by atoms with Crippen molar-refractivity contribution in [3.8, 4) is 5.75 Å². The first kappa shape index (κ1) is 12.6. The number of nitrogens with one attached hydrogen (secondary N) is 1. The molecule has 3 nitrogen and oxygen atoms in total. The van der Waals surface area contributed by atoms with Gasteiger partial charge in [0.15, 0.2) is 0 Å². The number of amides is 1. The van der Waals surface area contributed by atoms with Crippen molar-refractivity contribution in [2.75, 3.05) is 0 Å². The molecule has 0 atom stereocenters. The predicted octanol–water partition coefficient (Wildman–Crippen LogP) is 3.00. The van der Waals surface area contributed by atoms with Crippen LogP contribution in [-0.2, 0) is 6.54 Å². The molecule has 0 fully saturated rings. The summed E-state index contributed by atoms with van der Waals surface area (Å²) in [5.41, 5.74) is 2.11. The van der Waals surface area contributed by atoms with Crippen LogP contribution in [0.4, 0.5) is 0 Å². The van der Waals surface area contributed by atoms with Gasteiger partial charge in [-0.3, -0.25) is 4.79 Å². The summed E-state index contributed by atoms with van der Waals surface area (Å²) in [6, 6.07) is 8.72. The highest BCUT2D eigenvalue weighted by atomic mass is 32.1. The minimum absolute atomic E-state index is 0.0516. The van der Waals surface area contributed by atoms with E-state index in [4.69, 9.17) is 5.11 Å². The number of thiophene rings is 1. The molecule has 0 radical (unpaired) electrons. The van der Waals surface area contributed by atoms with Crippen LogP contribution in [0.5, 0.6) is 5.75 Å². The fraction of sp³-hybridized carbons (Fsp3) is 0.214. The molecule has 2 N–H and O–H groups in total. The van der Waals surface area contributed by atoms with Crippen LogP contribution in [0.2, 0.25) is 0 Å². The molecule has 2 aromatic rings. The molecule has 0 saturated carbocycles. The van der Waals surface area contributed by atoms with Crippen molar-refractivity contribution >= 4 is 17.2 Å². The lowest BCUT2D eigenvalue weighted by molar-refractivity contribution is 0.0955. The van der Waals surface area contributed by atoms with Crippen LogP contribution in [0.3, 0.4) is 0 Å². The second kappa shape index (κ2) is 5.23. The Morgan fingerprint density at radius 1 is 1.28 bits per heavy atom. The quantitative estimate of drug-likeness (QED) is 0.892. The average Bonchev–Trinajstić information content (AvgIpc) is 2.69. The number of benzene rings is 1. The van der Waals surface area contributed by atoms with Crippen LogP contribution in [0.25, 0.3) is 0 Å². The maximum atomic E-state index is 11.9. The minimum atomic E-state index is -0.0516. The molecule has 0 aliphatic rings. The highest BCUT2D eigenvalue weighted by Gasteiger charge is 2.09. The van der Waals surface area contributed by atoms with E-state index in [2.05, 4.69) is 5.32 Å². The fourth-order valence-corrected chi connectivity index (χ4v) is 2.52. The molecule has 94 valence electrons. The van der Waals surface area contributed by atoms with E-state index in [9.17, 15) is 4.79 Å². The Kier molecular flexibility index (Phi) is 3.67. The number of phenolic OH excluding ortho intramolecular Hbond substituents is 1. The van der Waals surface area contributed by atoms with Gasteiger partial charge in [0.05, 0.1) is 4.88 Å². The molecule has 0 saturated heterocycles. The van der Waals surface area contributed by atoms with E-state index in [0.29, 0.717) is 6.54 Å². The van der Waals surface area contributed by atoms with Crippen molar-refractivity contribution < 1.29 is 9.90 Å². The number of hydrogen-bond donors (Lipinski definition) is 2. The smallest absolute Gasteiger partial charge is 0.261 e. The number of carbonyl (C=O) groups is 1. The van der Waals surface area contributed by atoms with Crippen LogP contribution in [-0.4, -0.2) is 11.0 Å². The van der Waals surface area contributed by atoms with Crippen molar-refractivity contribution in [3.05, 3.63) is 51.2 Å². The maximum absolute atomic E-state index is 11.9. The molecule has 0 spiro atoms. The monoisotopic (exact) mass is 261 g/mol.